The van der Waals surface area contributed by atoms with Crippen molar-refractivity contribution in [1.82, 2.24) is 10.3 Å². The average molecular weight is 376 g/mol. The van der Waals surface area contributed by atoms with E-state index >= 15 is 0 Å². The Balaban J connectivity index is 1.56. The summed E-state index contributed by atoms with van der Waals surface area (Å²) in [4.78, 5) is 30.0. The van der Waals surface area contributed by atoms with Crippen LogP contribution in [-0.4, -0.2) is 29.1 Å². The SMILES string of the molecule is CN(C(=O)NCc1ccc(C(=O)Nc2ccccc2O)cc1)c1cccnc1. The highest BCUT2D eigenvalue weighted by Gasteiger charge is 2.11. The van der Waals surface area contributed by atoms with E-state index in [1.165, 1.54) is 11.0 Å². The first-order valence-corrected chi connectivity index (χ1v) is 8.64. The average Bonchev–Trinajstić information content (AvgIpc) is 2.74. The number of carbonyl (C=O) groups is 2. The smallest absolute Gasteiger partial charge is 0.321 e. The maximum atomic E-state index is 12.3. The Morgan fingerprint density at radius 2 is 1.79 bits per heavy atom. The fourth-order valence-electron chi connectivity index (χ4n) is 2.51. The number of anilines is 2. The topological polar surface area (TPSA) is 94.6 Å². The van der Waals surface area contributed by atoms with Crippen molar-refractivity contribution in [2.45, 2.75) is 6.54 Å². The van der Waals surface area contributed by atoms with Gasteiger partial charge in [0.25, 0.3) is 5.91 Å². The third-order valence-electron chi connectivity index (χ3n) is 4.15. The number of aromatic hydroxyl groups is 1. The van der Waals surface area contributed by atoms with Crippen LogP contribution in [0.2, 0.25) is 0 Å². The number of nitrogens with zero attached hydrogens (tertiary/aromatic N) is 2. The lowest BCUT2D eigenvalue weighted by Crippen LogP contribution is -2.36. The molecule has 3 N–H and O–H groups in total. The number of carbonyl (C=O) groups excluding carboxylic acids is 2. The molecule has 0 saturated heterocycles. The zero-order valence-corrected chi connectivity index (χ0v) is 15.3. The van der Waals surface area contributed by atoms with Crippen LogP contribution in [0.15, 0.2) is 73.1 Å². The minimum absolute atomic E-state index is 0.00733. The maximum absolute atomic E-state index is 12.3. The Morgan fingerprint density at radius 3 is 2.46 bits per heavy atom. The van der Waals surface area contributed by atoms with Gasteiger partial charge in [0.1, 0.15) is 5.75 Å². The Labute approximate surface area is 162 Å². The predicted octanol–water partition coefficient (Wildman–Crippen LogP) is 3.39. The highest BCUT2D eigenvalue weighted by molar-refractivity contribution is 6.05. The second-order valence-electron chi connectivity index (χ2n) is 6.10. The molecule has 0 aliphatic rings. The van der Waals surface area contributed by atoms with Crippen LogP contribution in [0.5, 0.6) is 5.75 Å². The number of phenolic OH excluding ortho intramolecular Hbond substituents is 1. The molecule has 0 bridgehead atoms. The van der Waals surface area contributed by atoms with E-state index in [2.05, 4.69) is 15.6 Å². The molecule has 142 valence electrons. The molecule has 3 aromatic rings. The maximum Gasteiger partial charge on any atom is 0.321 e. The molecule has 28 heavy (non-hydrogen) atoms. The molecule has 3 rings (SSSR count). The zero-order valence-electron chi connectivity index (χ0n) is 15.3. The van der Waals surface area contributed by atoms with Gasteiger partial charge in [-0.15, -0.1) is 0 Å². The number of hydrogen-bond acceptors (Lipinski definition) is 4. The molecule has 1 heterocycles. The quantitative estimate of drug-likeness (QED) is 0.595. The Bertz CT molecular complexity index is 959. The Morgan fingerprint density at radius 1 is 1.04 bits per heavy atom. The van der Waals surface area contributed by atoms with Crippen LogP contribution < -0.4 is 15.5 Å². The van der Waals surface area contributed by atoms with Gasteiger partial charge in [-0.3, -0.25) is 14.7 Å². The number of aromatic nitrogens is 1. The number of benzene rings is 2. The standard InChI is InChI=1S/C21H20N4O3/c1-25(17-5-4-12-22-14-17)21(28)23-13-15-8-10-16(11-9-15)20(27)24-18-6-2-3-7-19(18)26/h2-12,14,26H,13H2,1H3,(H,23,28)(H,24,27). The molecule has 0 fully saturated rings. The van der Waals surface area contributed by atoms with Crippen LogP contribution in [0.25, 0.3) is 0 Å². The minimum atomic E-state index is -0.326. The number of phenols is 1. The summed E-state index contributed by atoms with van der Waals surface area (Å²) in [6.45, 7) is 0.324. The predicted molar refractivity (Wildman–Crippen MR) is 107 cm³/mol. The van der Waals surface area contributed by atoms with Crippen LogP contribution in [0.3, 0.4) is 0 Å². The number of urea groups is 1. The molecule has 0 saturated carbocycles. The van der Waals surface area contributed by atoms with E-state index in [9.17, 15) is 14.7 Å². The number of rotatable bonds is 5. The molecule has 0 radical (unpaired) electrons. The number of pyridine rings is 1. The van der Waals surface area contributed by atoms with Crippen molar-refractivity contribution in [2.24, 2.45) is 0 Å². The highest BCUT2D eigenvalue weighted by Crippen LogP contribution is 2.22. The van der Waals surface area contributed by atoms with Crippen molar-refractivity contribution < 1.29 is 14.7 Å². The van der Waals surface area contributed by atoms with Gasteiger partial charge in [0.15, 0.2) is 0 Å². The lowest BCUT2D eigenvalue weighted by Gasteiger charge is -2.17. The van der Waals surface area contributed by atoms with Gasteiger partial charge in [-0.25, -0.2) is 4.79 Å². The normalized spacial score (nSPS) is 10.2. The summed E-state index contributed by atoms with van der Waals surface area (Å²) in [7, 11) is 1.67. The van der Waals surface area contributed by atoms with Crippen molar-refractivity contribution in [2.75, 3.05) is 17.3 Å². The van der Waals surface area contributed by atoms with E-state index < -0.39 is 0 Å². The lowest BCUT2D eigenvalue weighted by molar-refractivity contribution is 0.102. The molecule has 0 unspecified atom stereocenters. The van der Waals surface area contributed by atoms with Gasteiger partial charge < -0.3 is 15.7 Å². The van der Waals surface area contributed by atoms with Gasteiger partial charge in [-0.2, -0.15) is 0 Å². The van der Waals surface area contributed by atoms with Crippen molar-refractivity contribution in [1.29, 1.82) is 0 Å². The van der Waals surface area contributed by atoms with Crippen LogP contribution in [-0.2, 0) is 6.54 Å². The first kappa shape index (κ1) is 18.9. The summed E-state index contributed by atoms with van der Waals surface area (Å²) in [5.41, 5.74) is 2.34. The van der Waals surface area contributed by atoms with Crippen LogP contribution in [0.4, 0.5) is 16.2 Å². The molecular formula is C21H20N4O3. The summed E-state index contributed by atoms with van der Waals surface area (Å²) in [6.07, 6.45) is 3.25. The van der Waals surface area contributed by atoms with Gasteiger partial charge in [0, 0.05) is 25.4 Å². The summed E-state index contributed by atoms with van der Waals surface area (Å²) in [5.74, 6) is -0.318. The minimum Gasteiger partial charge on any atom is -0.506 e. The monoisotopic (exact) mass is 376 g/mol. The summed E-state index contributed by atoms with van der Waals surface area (Å²) < 4.78 is 0. The molecule has 0 aliphatic carbocycles. The first-order chi connectivity index (χ1) is 13.5. The van der Waals surface area contributed by atoms with E-state index in [0.29, 0.717) is 23.5 Å². The third kappa shape index (κ3) is 4.64. The van der Waals surface area contributed by atoms with Gasteiger partial charge in [0.2, 0.25) is 0 Å². The van der Waals surface area contributed by atoms with Crippen molar-refractivity contribution in [3.63, 3.8) is 0 Å². The fraction of sp³-hybridized carbons (Fsp3) is 0.0952. The van der Waals surface area contributed by atoms with E-state index in [-0.39, 0.29) is 17.7 Å². The molecule has 2 aromatic carbocycles. The van der Waals surface area contributed by atoms with Gasteiger partial charge in [-0.1, -0.05) is 24.3 Å². The second kappa shape index (κ2) is 8.68. The molecule has 7 nitrogen and oxygen atoms in total. The second-order valence-corrected chi connectivity index (χ2v) is 6.10. The van der Waals surface area contributed by atoms with Crippen LogP contribution >= 0.6 is 0 Å². The largest absolute Gasteiger partial charge is 0.506 e. The number of nitrogens with one attached hydrogen (secondary N) is 2. The van der Waals surface area contributed by atoms with E-state index in [1.807, 2.05) is 0 Å². The Kier molecular flexibility index (Phi) is 5.86. The number of para-hydroxylation sites is 2. The number of hydrogen-bond donors (Lipinski definition) is 3. The molecular weight excluding hydrogens is 356 g/mol. The molecule has 0 aliphatic heterocycles. The molecule has 0 atom stereocenters. The van der Waals surface area contributed by atoms with E-state index in [4.69, 9.17) is 0 Å². The third-order valence-corrected chi connectivity index (χ3v) is 4.15. The van der Waals surface area contributed by atoms with Crippen molar-refractivity contribution in [3.05, 3.63) is 84.2 Å². The van der Waals surface area contributed by atoms with Crippen LogP contribution in [0.1, 0.15) is 15.9 Å². The highest BCUT2D eigenvalue weighted by atomic mass is 16.3. The zero-order chi connectivity index (χ0) is 19.9. The van der Waals surface area contributed by atoms with Gasteiger partial charge in [-0.05, 0) is 42.0 Å². The van der Waals surface area contributed by atoms with E-state index in [0.717, 1.165) is 5.56 Å². The molecule has 1 aromatic heterocycles. The number of amides is 3. The van der Waals surface area contributed by atoms with E-state index in [1.54, 1.807) is 74.0 Å². The van der Waals surface area contributed by atoms with Gasteiger partial charge >= 0.3 is 6.03 Å². The van der Waals surface area contributed by atoms with Gasteiger partial charge in [0.05, 0.1) is 17.6 Å². The molecule has 0 spiro atoms. The van der Waals surface area contributed by atoms with Crippen LogP contribution in [0, 0.1) is 0 Å². The molecule has 7 heteroatoms. The summed E-state index contributed by atoms with van der Waals surface area (Å²) in [5, 5.41) is 15.2. The lowest BCUT2D eigenvalue weighted by atomic mass is 10.1. The Hall–Kier alpha value is -3.87. The summed E-state index contributed by atoms with van der Waals surface area (Å²) >= 11 is 0. The van der Waals surface area contributed by atoms with Crippen molar-refractivity contribution in [3.8, 4) is 5.75 Å². The van der Waals surface area contributed by atoms with Crippen molar-refractivity contribution >= 4 is 23.3 Å². The first-order valence-electron chi connectivity index (χ1n) is 8.64. The fourth-order valence-corrected chi connectivity index (χ4v) is 2.51. The summed E-state index contributed by atoms with van der Waals surface area (Å²) in [6, 6.07) is 16.7. The molecule has 3 amide bonds.